The van der Waals surface area contributed by atoms with Crippen molar-refractivity contribution < 1.29 is 9.66 Å². The summed E-state index contributed by atoms with van der Waals surface area (Å²) in [6, 6.07) is 11.5. The van der Waals surface area contributed by atoms with E-state index in [4.69, 9.17) is 22.1 Å². The van der Waals surface area contributed by atoms with Crippen molar-refractivity contribution in [2.45, 2.75) is 6.61 Å². The minimum Gasteiger partial charge on any atom is -0.489 e. The molecule has 2 aromatic rings. The Balaban J connectivity index is 2.09. The van der Waals surface area contributed by atoms with E-state index in [2.05, 4.69) is 0 Å². The van der Waals surface area contributed by atoms with Crippen molar-refractivity contribution in [3.05, 3.63) is 63.2 Å². The number of ether oxygens (including phenoxy) is 1. The second kappa shape index (κ2) is 5.58. The average Bonchev–Trinajstić information content (AvgIpc) is 2.39. The molecule has 0 fully saturated rings. The summed E-state index contributed by atoms with van der Waals surface area (Å²) >= 11 is 5.77. The van der Waals surface area contributed by atoms with Crippen molar-refractivity contribution in [3.63, 3.8) is 0 Å². The Morgan fingerprint density at radius 2 is 1.89 bits per heavy atom. The molecule has 0 heterocycles. The number of anilines is 1. The third-order valence-electron chi connectivity index (χ3n) is 2.52. The molecule has 2 aromatic carbocycles. The number of hydrogen-bond acceptors (Lipinski definition) is 4. The van der Waals surface area contributed by atoms with E-state index < -0.39 is 4.92 Å². The Morgan fingerprint density at radius 1 is 1.21 bits per heavy atom. The highest BCUT2D eigenvalue weighted by Crippen LogP contribution is 2.27. The maximum Gasteiger partial charge on any atom is 0.295 e. The second-order valence-corrected chi connectivity index (χ2v) is 4.33. The number of halogens is 1. The van der Waals surface area contributed by atoms with E-state index >= 15 is 0 Å². The van der Waals surface area contributed by atoms with Crippen LogP contribution in [-0.2, 0) is 6.61 Å². The predicted octanol–water partition coefficient (Wildman–Crippen LogP) is 3.41. The number of hydrogen-bond donors (Lipinski definition) is 1. The fraction of sp³-hybridized carbons (Fsp3) is 0.0769. The summed E-state index contributed by atoms with van der Waals surface area (Å²) in [4.78, 5) is 10.2. The van der Waals surface area contributed by atoms with Gasteiger partial charge in [-0.05, 0) is 29.8 Å². The zero-order valence-electron chi connectivity index (χ0n) is 9.88. The van der Waals surface area contributed by atoms with Crippen molar-refractivity contribution in [2.75, 3.05) is 5.73 Å². The van der Waals surface area contributed by atoms with Crippen LogP contribution < -0.4 is 10.5 Å². The normalized spacial score (nSPS) is 10.2. The van der Waals surface area contributed by atoms with Crippen LogP contribution in [0.3, 0.4) is 0 Å². The van der Waals surface area contributed by atoms with Crippen LogP contribution in [0.2, 0.25) is 5.02 Å². The van der Waals surface area contributed by atoms with Gasteiger partial charge >= 0.3 is 0 Å². The fourth-order valence-electron chi connectivity index (χ4n) is 1.52. The van der Waals surface area contributed by atoms with Crippen molar-refractivity contribution in [3.8, 4) is 5.75 Å². The topological polar surface area (TPSA) is 78.4 Å². The molecular weight excluding hydrogens is 268 g/mol. The largest absolute Gasteiger partial charge is 0.489 e. The van der Waals surface area contributed by atoms with Gasteiger partial charge in [-0.1, -0.05) is 23.7 Å². The van der Waals surface area contributed by atoms with E-state index in [0.717, 1.165) is 5.56 Å². The lowest BCUT2D eigenvalue weighted by Gasteiger charge is -2.07. The van der Waals surface area contributed by atoms with Gasteiger partial charge in [0.1, 0.15) is 18.0 Å². The molecule has 0 bridgehead atoms. The number of nitrogens with two attached hydrogens (primary N) is 1. The molecule has 5 nitrogen and oxygen atoms in total. The summed E-state index contributed by atoms with van der Waals surface area (Å²) in [6.07, 6.45) is 0. The Bertz CT molecular complexity index is 599. The first-order valence-corrected chi connectivity index (χ1v) is 5.85. The second-order valence-electron chi connectivity index (χ2n) is 3.89. The van der Waals surface area contributed by atoms with E-state index in [1.807, 2.05) is 12.1 Å². The highest BCUT2D eigenvalue weighted by Gasteiger charge is 2.12. The molecule has 2 N–H and O–H groups in total. The van der Waals surface area contributed by atoms with E-state index in [-0.39, 0.29) is 11.4 Å². The van der Waals surface area contributed by atoms with Crippen LogP contribution in [0.4, 0.5) is 11.4 Å². The summed E-state index contributed by atoms with van der Waals surface area (Å²) in [7, 11) is 0. The van der Waals surface area contributed by atoms with E-state index in [9.17, 15) is 10.1 Å². The van der Waals surface area contributed by atoms with Gasteiger partial charge < -0.3 is 10.5 Å². The highest BCUT2D eigenvalue weighted by molar-refractivity contribution is 6.30. The Hall–Kier alpha value is -2.27. The molecular formula is C13H11ClN2O3. The summed E-state index contributed by atoms with van der Waals surface area (Å²) in [5, 5.41) is 11.4. The van der Waals surface area contributed by atoms with Gasteiger partial charge in [-0.3, -0.25) is 10.1 Å². The highest BCUT2D eigenvalue weighted by atomic mass is 35.5. The molecule has 0 spiro atoms. The first-order valence-electron chi connectivity index (χ1n) is 5.47. The smallest absolute Gasteiger partial charge is 0.295 e. The van der Waals surface area contributed by atoms with Crippen LogP contribution in [0.25, 0.3) is 0 Å². The third-order valence-corrected chi connectivity index (χ3v) is 2.77. The minimum absolute atomic E-state index is 0.115. The van der Waals surface area contributed by atoms with Crippen molar-refractivity contribution >= 4 is 23.0 Å². The summed E-state index contributed by atoms with van der Waals surface area (Å²) in [6.45, 7) is 0.304. The van der Waals surface area contributed by atoms with Crippen molar-refractivity contribution in [2.24, 2.45) is 0 Å². The van der Waals surface area contributed by atoms with Crippen LogP contribution in [0.1, 0.15) is 5.56 Å². The summed E-state index contributed by atoms with van der Waals surface area (Å²) in [5.74, 6) is 0.399. The van der Waals surface area contributed by atoms with Crippen molar-refractivity contribution in [1.29, 1.82) is 0 Å². The Morgan fingerprint density at radius 3 is 2.53 bits per heavy atom. The molecule has 19 heavy (non-hydrogen) atoms. The molecule has 6 heteroatoms. The van der Waals surface area contributed by atoms with E-state index in [1.165, 1.54) is 12.1 Å². The van der Waals surface area contributed by atoms with Gasteiger partial charge in [-0.15, -0.1) is 0 Å². The lowest BCUT2D eigenvalue weighted by atomic mass is 10.2. The van der Waals surface area contributed by atoms with Gasteiger partial charge in [0, 0.05) is 5.02 Å². The summed E-state index contributed by atoms with van der Waals surface area (Å²) < 4.78 is 5.47. The lowest BCUT2D eigenvalue weighted by molar-refractivity contribution is -0.384. The standard InChI is InChI=1S/C13H11ClN2O3/c14-10-3-1-9(2-4-10)8-19-11-5-6-12(15)13(7-11)16(17)18/h1-7H,8,15H2. The van der Waals surface area contributed by atoms with Crippen LogP contribution >= 0.6 is 11.6 Å². The third kappa shape index (κ3) is 3.35. The molecule has 0 radical (unpaired) electrons. The van der Waals surface area contributed by atoms with Gasteiger partial charge in [0.05, 0.1) is 11.0 Å². The Kier molecular flexibility index (Phi) is 3.87. The number of nitro benzene ring substituents is 1. The molecule has 98 valence electrons. The molecule has 0 atom stereocenters. The number of nitro groups is 1. The quantitative estimate of drug-likeness (QED) is 0.528. The molecule has 0 saturated heterocycles. The maximum atomic E-state index is 10.7. The fourth-order valence-corrected chi connectivity index (χ4v) is 1.64. The van der Waals surface area contributed by atoms with Crippen LogP contribution in [-0.4, -0.2) is 4.92 Å². The Labute approximate surface area is 114 Å². The van der Waals surface area contributed by atoms with Gasteiger partial charge in [0.25, 0.3) is 5.69 Å². The first kappa shape index (κ1) is 13.2. The molecule has 0 aliphatic rings. The lowest BCUT2D eigenvalue weighted by Crippen LogP contribution is -1.99. The van der Waals surface area contributed by atoms with Crippen LogP contribution in [0.5, 0.6) is 5.75 Å². The minimum atomic E-state index is -0.537. The van der Waals surface area contributed by atoms with Gasteiger partial charge in [-0.25, -0.2) is 0 Å². The molecule has 0 aromatic heterocycles. The molecule has 0 aliphatic heterocycles. The number of benzene rings is 2. The van der Waals surface area contributed by atoms with E-state index in [1.54, 1.807) is 18.2 Å². The monoisotopic (exact) mass is 278 g/mol. The number of rotatable bonds is 4. The van der Waals surface area contributed by atoms with E-state index in [0.29, 0.717) is 17.4 Å². The maximum absolute atomic E-state index is 10.7. The zero-order chi connectivity index (χ0) is 13.8. The van der Waals surface area contributed by atoms with Gasteiger partial charge in [-0.2, -0.15) is 0 Å². The zero-order valence-corrected chi connectivity index (χ0v) is 10.6. The number of nitrogen functional groups attached to an aromatic ring is 1. The SMILES string of the molecule is Nc1ccc(OCc2ccc(Cl)cc2)cc1[N+](=O)[O-]. The van der Waals surface area contributed by atoms with Gasteiger partial charge in [0.15, 0.2) is 0 Å². The number of nitrogens with zero attached hydrogens (tertiary/aromatic N) is 1. The van der Waals surface area contributed by atoms with Crippen LogP contribution in [0, 0.1) is 10.1 Å². The molecule has 0 unspecified atom stereocenters. The molecule has 0 saturated carbocycles. The molecule has 2 rings (SSSR count). The van der Waals surface area contributed by atoms with Gasteiger partial charge in [0.2, 0.25) is 0 Å². The molecule has 0 amide bonds. The predicted molar refractivity (Wildman–Crippen MR) is 73.3 cm³/mol. The van der Waals surface area contributed by atoms with Crippen molar-refractivity contribution in [1.82, 2.24) is 0 Å². The first-order chi connectivity index (χ1) is 9.06. The summed E-state index contributed by atoms with van der Waals surface area (Å²) in [5.41, 5.74) is 6.38. The average molecular weight is 279 g/mol. The van der Waals surface area contributed by atoms with Crippen LogP contribution in [0.15, 0.2) is 42.5 Å². The molecule has 0 aliphatic carbocycles.